The zero-order valence-corrected chi connectivity index (χ0v) is 18.1. The molecule has 1 N–H and O–H groups in total. The minimum Gasteiger partial charge on any atom is -0.379 e. The molecule has 0 spiro atoms. The summed E-state index contributed by atoms with van der Waals surface area (Å²) in [4.78, 5) is 13.1. The topological polar surface area (TPSA) is 59.4 Å². The van der Waals surface area contributed by atoms with Crippen LogP contribution in [0.5, 0.6) is 0 Å². The monoisotopic (exact) mass is 444 g/mol. The van der Waals surface area contributed by atoms with E-state index < -0.39 is 0 Å². The quantitative estimate of drug-likeness (QED) is 0.633. The van der Waals surface area contributed by atoms with Gasteiger partial charge in [0.2, 0.25) is 0 Å². The van der Waals surface area contributed by atoms with Gasteiger partial charge in [0.15, 0.2) is 5.69 Å². The maximum Gasteiger partial charge on any atom is 0.286 e. The van der Waals surface area contributed by atoms with Crippen LogP contribution in [-0.2, 0) is 11.2 Å². The predicted molar refractivity (Wildman–Crippen MR) is 118 cm³/mol. The predicted octanol–water partition coefficient (Wildman–Crippen LogP) is 4.39. The van der Waals surface area contributed by atoms with Gasteiger partial charge < -0.3 is 4.74 Å². The molecule has 0 saturated carbocycles. The number of benzene rings is 2. The zero-order chi connectivity index (χ0) is 21.1. The smallest absolute Gasteiger partial charge is 0.286 e. The molecule has 0 bridgehead atoms. The van der Waals surface area contributed by atoms with Crippen molar-refractivity contribution in [1.82, 2.24) is 20.2 Å². The summed E-state index contributed by atoms with van der Waals surface area (Å²) in [6.07, 6.45) is 0.640. The van der Waals surface area contributed by atoms with Gasteiger partial charge in [0.05, 0.1) is 29.6 Å². The van der Waals surface area contributed by atoms with Crippen molar-refractivity contribution >= 4 is 29.1 Å². The van der Waals surface area contributed by atoms with Gasteiger partial charge in [0.25, 0.3) is 5.91 Å². The van der Waals surface area contributed by atoms with E-state index in [1.807, 2.05) is 48.3 Å². The summed E-state index contributed by atoms with van der Waals surface area (Å²) in [7, 11) is 0. The minimum atomic E-state index is -0.241. The maximum atomic E-state index is 13.1. The van der Waals surface area contributed by atoms with Crippen LogP contribution in [0.4, 0.5) is 0 Å². The van der Waals surface area contributed by atoms with Gasteiger partial charge in [-0.1, -0.05) is 60.5 Å². The molecule has 0 aliphatic carbocycles. The Balaban J connectivity index is 1.83. The van der Waals surface area contributed by atoms with E-state index >= 15 is 0 Å². The lowest BCUT2D eigenvalue weighted by Crippen LogP contribution is -2.48. The summed E-state index contributed by atoms with van der Waals surface area (Å²) in [5.41, 5.74) is 6.67. The zero-order valence-electron chi connectivity index (χ0n) is 16.6. The Morgan fingerprint density at radius 1 is 1.13 bits per heavy atom. The van der Waals surface area contributed by atoms with Crippen LogP contribution < -0.4 is 5.43 Å². The second kappa shape index (κ2) is 9.18. The number of carbonyl (C=O) groups is 1. The Hall–Kier alpha value is -2.38. The van der Waals surface area contributed by atoms with Gasteiger partial charge in [-0.05, 0) is 24.6 Å². The highest BCUT2D eigenvalue weighted by molar-refractivity contribution is 6.35. The molecule has 0 atom stereocenters. The average Bonchev–Trinajstić information content (AvgIpc) is 3.14. The molecule has 30 heavy (non-hydrogen) atoms. The normalized spacial score (nSPS) is 14.6. The van der Waals surface area contributed by atoms with Crippen molar-refractivity contribution in [2.75, 3.05) is 26.3 Å². The van der Waals surface area contributed by atoms with Crippen LogP contribution in [0, 0.1) is 0 Å². The van der Waals surface area contributed by atoms with Crippen LogP contribution in [0.3, 0.4) is 0 Å². The summed E-state index contributed by atoms with van der Waals surface area (Å²) in [6, 6.07) is 15.1. The third-order valence-corrected chi connectivity index (χ3v) is 5.55. The van der Waals surface area contributed by atoms with E-state index in [0.29, 0.717) is 54.2 Å². The van der Waals surface area contributed by atoms with E-state index in [2.05, 4.69) is 5.43 Å². The average molecular weight is 445 g/mol. The van der Waals surface area contributed by atoms with Crippen LogP contribution >= 0.6 is 23.2 Å². The summed E-state index contributed by atoms with van der Waals surface area (Å²) >= 11 is 12.6. The molecule has 3 aromatic rings. The van der Waals surface area contributed by atoms with Gasteiger partial charge in [0, 0.05) is 29.2 Å². The van der Waals surface area contributed by atoms with Crippen LogP contribution in [0.25, 0.3) is 16.9 Å². The number of hydrazine groups is 1. The van der Waals surface area contributed by atoms with Crippen molar-refractivity contribution in [3.63, 3.8) is 0 Å². The van der Waals surface area contributed by atoms with Gasteiger partial charge in [-0.15, -0.1) is 0 Å². The lowest BCUT2D eigenvalue weighted by atomic mass is 10.0. The Kier molecular flexibility index (Phi) is 6.39. The molecule has 0 radical (unpaired) electrons. The van der Waals surface area contributed by atoms with Gasteiger partial charge in [-0.2, -0.15) is 5.10 Å². The second-order valence-electron chi connectivity index (χ2n) is 6.94. The molecular weight excluding hydrogens is 423 g/mol. The largest absolute Gasteiger partial charge is 0.379 e. The van der Waals surface area contributed by atoms with E-state index in [-0.39, 0.29) is 5.91 Å². The third kappa shape index (κ3) is 4.23. The fraction of sp³-hybridized carbons (Fsp3) is 0.273. The number of carbonyl (C=O) groups excluding carboxylic acids is 1. The van der Waals surface area contributed by atoms with E-state index in [1.165, 1.54) is 0 Å². The number of hydrogen-bond donors (Lipinski definition) is 1. The molecule has 1 aliphatic heterocycles. The summed E-state index contributed by atoms with van der Waals surface area (Å²) in [5, 5.41) is 7.57. The third-order valence-electron chi connectivity index (χ3n) is 5.01. The number of halogens is 2. The van der Waals surface area contributed by atoms with Crippen LogP contribution in [0.1, 0.15) is 23.0 Å². The number of amides is 1. The van der Waals surface area contributed by atoms with Gasteiger partial charge in [0.1, 0.15) is 0 Å². The van der Waals surface area contributed by atoms with Crippen molar-refractivity contribution in [2.45, 2.75) is 13.3 Å². The highest BCUT2D eigenvalue weighted by Gasteiger charge is 2.26. The maximum absolute atomic E-state index is 13.1. The number of hydrogen-bond acceptors (Lipinski definition) is 4. The number of ether oxygens (including phenoxy) is 1. The Morgan fingerprint density at radius 2 is 1.87 bits per heavy atom. The van der Waals surface area contributed by atoms with Crippen LogP contribution in [-0.4, -0.2) is 47.0 Å². The first-order valence-corrected chi connectivity index (χ1v) is 10.6. The van der Waals surface area contributed by atoms with Gasteiger partial charge in [-0.3, -0.25) is 10.2 Å². The molecule has 1 saturated heterocycles. The minimum absolute atomic E-state index is 0.241. The summed E-state index contributed by atoms with van der Waals surface area (Å²) in [6.45, 7) is 4.48. The van der Waals surface area contributed by atoms with E-state index in [4.69, 9.17) is 33.0 Å². The molecule has 8 heteroatoms. The number of rotatable bonds is 5. The molecule has 6 nitrogen and oxygen atoms in total. The fourth-order valence-corrected chi connectivity index (χ4v) is 4.05. The molecule has 1 amide bonds. The fourth-order valence-electron chi connectivity index (χ4n) is 3.56. The molecule has 2 aromatic carbocycles. The Bertz CT molecular complexity index is 1050. The number of morpholine rings is 1. The van der Waals surface area contributed by atoms with Crippen molar-refractivity contribution < 1.29 is 9.53 Å². The summed E-state index contributed by atoms with van der Waals surface area (Å²) in [5.74, 6) is -0.241. The van der Waals surface area contributed by atoms with E-state index in [9.17, 15) is 4.79 Å². The highest BCUT2D eigenvalue weighted by Crippen LogP contribution is 2.33. The molecule has 156 valence electrons. The highest BCUT2D eigenvalue weighted by atomic mass is 35.5. The molecule has 1 aromatic heterocycles. The molecular formula is C22H22Cl2N4O2. The molecule has 0 unspecified atom stereocenters. The van der Waals surface area contributed by atoms with Crippen molar-refractivity contribution in [2.24, 2.45) is 0 Å². The van der Waals surface area contributed by atoms with E-state index in [0.717, 1.165) is 16.8 Å². The van der Waals surface area contributed by atoms with Gasteiger partial charge in [-0.25, -0.2) is 9.69 Å². The Morgan fingerprint density at radius 3 is 2.53 bits per heavy atom. The standard InChI is InChI=1S/C22H22Cl2N4O2/c1-2-17-20(22(29)26-27-10-12-30-13-11-27)25-28(19-9-8-16(23)14-18(19)24)21(17)15-6-4-3-5-7-15/h3-9,14H,2,10-13H2,1H3,(H,26,29). The van der Waals surface area contributed by atoms with Crippen molar-refractivity contribution in [1.29, 1.82) is 0 Å². The van der Waals surface area contributed by atoms with Crippen molar-refractivity contribution in [3.8, 4) is 16.9 Å². The van der Waals surface area contributed by atoms with E-state index in [1.54, 1.807) is 16.8 Å². The van der Waals surface area contributed by atoms with Crippen LogP contribution in [0.2, 0.25) is 10.0 Å². The number of nitrogens with zero attached hydrogens (tertiary/aromatic N) is 3. The molecule has 4 rings (SSSR count). The lowest BCUT2D eigenvalue weighted by molar-refractivity contribution is 0.0124. The van der Waals surface area contributed by atoms with Gasteiger partial charge >= 0.3 is 0 Å². The number of nitrogens with one attached hydrogen (secondary N) is 1. The number of aromatic nitrogens is 2. The van der Waals surface area contributed by atoms with Crippen molar-refractivity contribution in [3.05, 3.63) is 69.8 Å². The summed E-state index contributed by atoms with van der Waals surface area (Å²) < 4.78 is 7.09. The first-order valence-electron chi connectivity index (χ1n) is 9.85. The van der Waals surface area contributed by atoms with Crippen LogP contribution in [0.15, 0.2) is 48.5 Å². The molecule has 2 heterocycles. The first-order chi connectivity index (χ1) is 14.6. The molecule has 1 aliphatic rings. The lowest BCUT2D eigenvalue weighted by Gasteiger charge is -2.26. The first kappa shape index (κ1) is 20.9. The molecule has 1 fully saturated rings. The second-order valence-corrected chi connectivity index (χ2v) is 7.79. The Labute approximate surface area is 185 Å². The SMILES string of the molecule is CCc1c(C(=O)NN2CCOCC2)nn(-c2ccc(Cl)cc2Cl)c1-c1ccccc1.